The summed E-state index contributed by atoms with van der Waals surface area (Å²) in [5.41, 5.74) is 4.72. The predicted molar refractivity (Wildman–Crippen MR) is 66.3 cm³/mol. The van der Waals surface area contributed by atoms with E-state index in [1.165, 1.54) is 18.4 Å². The maximum absolute atomic E-state index is 2.45. The first-order valence-corrected chi connectivity index (χ1v) is 6.19. The predicted octanol–water partition coefficient (Wildman–Crippen LogP) is 4.18. The molecule has 2 unspecified atom stereocenters. The van der Waals surface area contributed by atoms with Crippen molar-refractivity contribution in [3.8, 4) is 0 Å². The molecule has 0 saturated carbocycles. The molecule has 2 atom stereocenters. The zero-order chi connectivity index (χ0) is 11.0. The Kier molecular flexibility index (Phi) is 2.86. The fourth-order valence-corrected chi connectivity index (χ4v) is 2.68. The van der Waals surface area contributed by atoms with Gasteiger partial charge in [-0.1, -0.05) is 45.9 Å². The van der Waals surface area contributed by atoms with Gasteiger partial charge in [0.1, 0.15) is 0 Å². The van der Waals surface area contributed by atoms with E-state index in [0.717, 1.165) is 17.8 Å². The number of fused-ring (bicyclic) bond motifs is 1. The van der Waals surface area contributed by atoms with E-state index in [9.17, 15) is 0 Å². The first-order valence-electron chi connectivity index (χ1n) is 6.19. The maximum atomic E-state index is 2.45. The molecule has 1 aliphatic carbocycles. The van der Waals surface area contributed by atoms with Crippen molar-refractivity contribution in [1.82, 2.24) is 0 Å². The van der Waals surface area contributed by atoms with Crippen molar-refractivity contribution in [3.63, 3.8) is 0 Å². The Morgan fingerprint density at radius 2 is 2.00 bits per heavy atom. The van der Waals surface area contributed by atoms with E-state index >= 15 is 0 Å². The molecule has 0 N–H and O–H groups in total. The molecule has 0 heteroatoms. The van der Waals surface area contributed by atoms with E-state index in [-0.39, 0.29) is 0 Å². The van der Waals surface area contributed by atoms with Crippen LogP contribution in [0.4, 0.5) is 0 Å². The van der Waals surface area contributed by atoms with E-state index < -0.39 is 0 Å². The first-order chi connectivity index (χ1) is 7.08. The SMILES string of the molecule is CC(C)Cc1ccc2c(c1)C(C)C(C)C2. The molecular weight excluding hydrogens is 180 g/mol. The molecule has 0 aliphatic heterocycles. The Morgan fingerprint density at radius 3 is 2.67 bits per heavy atom. The second-order valence-electron chi connectivity index (χ2n) is 5.60. The first kappa shape index (κ1) is 10.7. The molecule has 0 radical (unpaired) electrons. The van der Waals surface area contributed by atoms with Crippen molar-refractivity contribution in [3.05, 3.63) is 34.9 Å². The van der Waals surface area contributed by atoms with Crippen LogP contribution in [0.2, 0.25) is 0 Å². The summed E-state index contributed by atoms with van der Waals surface area (Å²) >= 11 is 0. The van der Waals surface area contributed by atoms with Crippen LogP contribution in [0.3, 0.4) is 0 Å². The third-order valence-electron chi connectivity index (χ3n) is 3.74. The van der Waals surface area contributed by atoms with Crippen LogP contribution in [0.15, 0.2) is 18.2 Å². The van der Waals surface area contributed by atoms with Crippen molar-refractivity contribution in [1.29, 1.82) is 0 Å². The zero-order valence-corrected chi connectivity index (χ0v) is 10.4. The Balaban J connectivity index is 2.27. The van der Waals surface area contributed by atoms with Crippen molar-refractivity contribution in [2.45, 2.75) is 46.5 Å². The third-order valence-corrected chi connectivity index (χ3v) is 3.74. The van der Waals surface area contributed by atoms with Crippen molar-refractivity contribution >= 4 is 0 Å². The van der Waals surface area contributed by atoms with Gasteiger partial charge in [0.25, 0.3) is 0 Å². The molecule has 0 saturated heterocycles. The average molecular weight is 202 g/mol. The lowest BCUT2D eigenvalue weighted by Gasteiger charge is -2.11. The van der Waals surface area contributed by atoms with Crippen LogP contribution in [-0.4, -0.2) is 0 Å². The summed E-state index contributed by atoms with van der Waals surface area (Å²) in [6.07, 6.45) is 2.49. The summed E-state index contributed by atoms with van der Waals surface area (Å²) in [7, 11) is 0. The minimum Gasteiger partial charge on any atom is -0.0625 e. The van der Waals surface area contributed by atoms with Crippen LogP contribution in [0, 0.1) is 11.8 Å². The van der Waals surface area contributed by atoms with Gasteiger partial charge in [-0.05, 0) is 47.3 Å². The summed E-state index contributed by atoms with van der Waals surface area (Å²) in [4.78, 5) is 0. The van der Waals surface area contributed by atoms with Crippen molar-refractivity contribution < 1.29 is 0 Å². The minimum absolute atomic E-state index is 0.757. The Labute approximate surface area is 93.7 Å². The van der Waals surface area contributed by atoms with E-state index in [1.807, 2.05) is 0 Å². The van der Waals surface area contributed by atoms with Gasteiger partial charge in [0, 0.05) is 0 Å². The van der Waals surface area contributed by atoms with E-state index in [1.54, 1.807) is 11.1 Å². The molecule has 0 aromatic heterocycles. The molecule has 15 heavy (non-hydrogen) atoms. The van der Waals surface area contributed by atoms with Gasteiger partial charge in [0.05, 0.1) is 0 Å². The molecule has 0 spiro atoms. The number of hydrogen-bond acceptors (Lipinski definition) is 0. The lowest BCUT2D eigenvalue weighted by molar-refractivity contribution is 0.531. The second-order valence-corrected chi connectivity index (χ2v) is 5.60. The van der Waals surface area contributed by atoms with Crippen molar-refractivity contribution in [2.24, 2.45) is 11.8 Å². The van der Waals surface area contributed by atoms with Gasteiger partial charge in [-0.2, -0.15) is 0 Å². The molecular formula is C15H22. The van der Waals surface area contributed by atoms with Gasteiger partial charge in [-0.3, -0.25) is 0 Å². The van der Waals surface area contributed by atoms with Crippen LogP contribution in [-0.2, 0) is 12.8 Å². The lowest BCUT2D eigenvalue weighted by Crippen LogP contribution is -1.99. The molecule has 0 amide bonds. The van der Waals surface area contributed by atoms with Crippen molar-refractivity contribution in [2.75, 3.05) is 0 Å². The normalized spacial score (nSPS) is 24.6. The van der Waals surface area contributed by atoms with E-state index in [2.05, 4.69) is 45.9 Å². The topological polar surface area (TPSA) is 0 Å². The summed E-state index contributed by atoms with van der Waals surface area (Å²) in [6, 6.07) is 7.13. The summed E-state index contributed by atoms with van der Waals surface area (Å²) < 4.78 is 0. The standard InChI is InChI=1S/C15H22/c1-10(2)7-13-5-6-14-8-11(3)12(4)15(14)9-13/h5-6,9-12H,7-8H2,1-4H3. The summed E-state index contributed by atoms with van der Waals surface area (Å²) in [5.74, 6) is 2.35. The molecule has 1 aromatic carbocycles. The summed E-state index contributed by atoms with van der Waals surface area (Å²) in [5, 5.41) is 0. The highest BCUT2D eigenvalue weighted by atomic mass is 14.3. The smallest absolute Gasteiger partial charge is 0.0159 e. The van der Waals surface area contributed by atoms with Crippen LogP contribution >= 0.6 is 0 Å². The number of hydrogen-bond donors (Lipinski definition) is 0. The largest absolute Gasteiger partial charge is 0.0625 e. The van der Waals surface area contributed by atoms with Gasteiger partial charge in [-0.25, -0.2) is 0 Å². The Hall–Kier alpha value is -0.780. The number of benzene rings is 1. The quantitative estimate of drug-likeness (QED) is 0.675. The van der Waals surface area contributed by atoms with Gasteiger partial charge in [0.15, 0.2) is 0 Å². The fourth-order valence-electron chi connectivity index (χ4n) is 2.68. The molecule has 0 bridgehead atoms. The number of rotatable bonds is 2. The molecule has 1 aliphatic rings. The van der Waals surface area contributed by atoms with Crippen LogP contribution in [0.5, 0.6) is 0 Å². The highest BCUT2D eigenvalue weighted by molar-refractivity contribution is 5.39. The average Bonchev–Trinajstić information content (AvgIpc) is 2.43. The van der Waals surface area contributed by atoms with Crippen LogP contribution < -0.4 is 0 Å². The van der Waals surface area contributed by atoms with Gasteiger partial charge < -0.3 is 0 Å². The fraction of sp³-hybridized carbons (Fsp3) is 0.600. The van der Waals surface area contributed by atoms with Gasteiger partial charge in [-0.15, -0.1) is 0 Å². The third kappa shape index (κ3) is 2.09. The van der Waals surface area contributed by atoms with Crippen LogP contribution in [0.1, 0.15) is 50.3 Å². The molecule has 0 nitrogen and oxygen atoms in total. The van der Waals surface area contributed by atoms with Gasteiger partial charge >= 0.3 is 0 Å². The lowest BCUT2D eigenvalue weighted by atomic mass is 9.94. The Morgan fingerprint density at radius 1 is 1.27 bits per heavy atom. The Bertz CT molecular complexity index is 349. The maximum Gasteiger partial charge on any atom is -0.0159 e. The monoisotopic (exact) mass is 202 g/mol. The molecule has 0 fully saturated rings. The second kappa shape index (κ2) is 4.00. The molecule has 1 aromatic rings. The highest BCUT2D eigenvalue weighted by Gasteiger charge is 2.25. The molecule has 2 rings (SSSR count). The van der Waals surface area contributed by atoms with Crippen LogP contribution in [0.25, 0.3) is 0 Å². The molecule has 82 valence electrons. The minimum atomic E-state index is 0.757. The van der Waals surface area contributed by atoms with E-state index in [0.29, 0.717) is 0 Å². The highest BCUT2D eigenvalue weighted by Crippen LogP contribution is 2.37. The zero-order valence-electron chi connectivity index (χ0n) is 10.4. The van der Waals surface area contributed by atoms with Gasteiger partial charge in [0.2, 0.25) is 0 Å². The summed E-state index contributed by atoms with van der Waals surface area (Å²) in [6.45, 7) is 9.32. The van der Waals surface area contributed by atoms with E-state index in [4.69, 9.17) is 0 Å². The molecule has 0 heterocycles.